The van der Waals surface area contributed by atoms with E-state index in [2.05, 4.69) is 5.32 Å². The number of benzene rings is 1. The van der Waals surface area contributed by atoms with Crippen LogP contribution in [0.15, 0.2) is 24.3 Å². The van der Waals surface area contributed by atoms with Gasteiger partial charge in [0.15, 0.2) is 0 Å². The molecule has 1 saturated carbocycles. The summed E-state index contributed by atoms with van der Waals surface area (Å²) in [6.45, 7) is 0.821. The standard InChI is InChI=1S/C16H24FNO3/c1-20-16-8-4-7-15(16)18-9-13(19)11-21-10-12-5-2-3-6-14(12)17/h2-3,5-6,13,15-16,18-19H,4,7-11H2,1H3. The van der Waals surface area contributed by atoms with E-state index in [1.807, 2.05) is 0 Å². The van der Waals surface area contributed by atoms with E-state index in [9.17, 15) is 9.50 Å². The van der Waals surface area contributed by atoms with Crippen molar-refractivity contribution in [2.75, 3.05) is 20.3 Å². The van der Waals surface area contributed by atoms with E-state index in [-0.39, 0.29) is 25.1 Å². The van der Waals surface area contributed by atoms with Gasteiger partial charge in [0, 0.05) is 25.3 Å². The number of methoxy groups -OCH3 is 1. The summed E-state index contributed by atoms with van der Waals surface area (Å²) in [5, 5.41) is 13.2. The van der Waals surface area contributed by atoms with E-state index < -0.39 is 6.10 Å². The first-order chi connectivity index (χ1) is 10.2. The van der Waals surface area contributed by atoms with Crippen molar-refractivity contribution in [2.45, 2.75) is 44.1 Å². The van der Waals surface area contributed by atoms with Gasteiger partial charge in [0.05, 0.1) is 25.4 Å². The van der Waals surface area contributed by atoms with Crippen molar-refractivity contribution in [3.05, 3.63) is 35.6 Å². The van der Waals surface area contributed by atoms with E-state index in [0.29, 0.717) is 18.2 Å². The maximum Gasteiger partial charge on any atom is 0.128 e. The van der Waals surface area contributed by atoms with Crippen LogP contribution in [0.2, 0.25) is 0 Å². The predicted molar refractivity (Wildman–Crippen MR) is 78.5 cm³/mol. The Balaban J connectivity index is 1.64. The monoisotopic (exact) mass is 297 g/mol. The molecular weight excluding hydrogens is 273 g/mol. The zero-order chi connectivity index (χ0) is 15.1. The highest BCUT2D eigenvalue weighted by atomic mass is 19.1. The number of nitrogens with one attached hydrogen (secondary N) is 1. The highest BCUT2D eigenvalue weighted by Crippen LogP contribution is 2.21. The number of rotatable bonds is 8. The normalized spacial score (nSPS) is 23.4. The first kappa shape index (κ1) is 16.4. The lowest BCUT2D eigenvalue weighted by Crippen LogP contribution is -2.42. The average molecular weight is 297 g/mol. The van der Waals surface area contributed by atoms with Gasteiger partial charge in [0.25, 0.3) is 0 Å². The fourth-order valence-corrected chi connectivity index (χ4v) is 2.71. The SMILES string of the molecule is COC1CCCC1NCC(O)COCc1ccccc1F. The fourth-order valence-electron chi connectivity index (χ4n) is 2.71. The molecular formula is C16H24FNO3. The van der Waals surface area contributed by atoms with Gasteiger partial charge >= 0.3 is 0 Å². The van der Waals surface area contributed by atoms with Gasteiger partial charge in [-0.1, -0.05) is 18.2 Å². The summed E-state index contributed by atoms with van der Waals surface area (Å²) < 4.78 is 24.1. The number of hydrogen-bond donors (Lipinski definition) is 2. The highest BCUT2D eigenvalue weighted by Gasteiger charge is 2.26. The van der Waals surface area contributed by atoms with E-state index >= 15 is 0 Å². The second kappa shape index (κ2) is 8.44. The van der Waals surface area contributed by atoms with Gasteiger partial charge in [0.1, 0.15) is 5.82 Å². The molecule has 1 fully saturated rings. The molecule has 0 radical (unpaired) electrons. The van der Waals surface area contributed by atoms with Crippen LogP contribution in [0.3, 0.4) is 0 Å². The highest BCUT2D eigenvalue weighted by molar-refractivity contribution is 5.16. The first-order valence-electron chi connectivity index (χ1n) is 7.46. The number of ether oxygens (including phenoxy) is 2. The van der Waals surface area contributed by atoms with Crippen LogP contribution in [0.5, 0.6) is 0 Å². The van der Waals surface area contributed by atoms with Crippen LogP contribution in [0.1, 0.15) is 24.8 Å². The third-order valence-electron chi connectivity index (χ3n) is 3.90. The van der Waals surface area contributed by atoms with E-state index in [0.717, 1.165) is 19.3 Å². The third kappa shape index (κ3) is 5.04. The van der Waals surface area contributed by atoms with Crippen LogP contribution in [0.4, 0.5) is 4.39 Å². The molecule has 1 aromatic rings. The summed E-state index contributed by atoms with van der Waals surface area (Å²) in [4.78, 5) is 0. The van der Waals surface area contributed by atoms with Gasteiger partial charge in [0.2, 0.25) is 0 Å². The van der Waals surface area contributed by atoms with Crippen molar-refractivity contribution in [1.29, 1.82) is 0 Å². The van der Waals surface area contributed by atoms with Crippen LogP contribution in [0.25, 0.3) is 0 Å². The second-order valence-electron chi connectivity index (χ2n) is 5.48. The lowest BCUT2D eigenvalue weighted by atomic mass is 10.2. The molecule has 118 valence electrons. The van der Waals surface area contributed by atoms with Crippen molar-refractivity contribution in [2.24, 2.45) is 0 Å². The van der Waals surface area contributed by atoms with Crippen LogP contribution < -0.4 is 5.32 Å². The Morgan fingerprint density at radius 2 is 2.19 bits per heavy atom. The van der Waals surface area contributed by atoms with Crippen LogP contribution in [-0.4, -0.2) is 43.6 Å². The molecule has 0 bridgehead atoms. The average Bonchev–Trinajstić information content (AvgIpc) is 2.94. The second-order valence-corrected chi connectivity index (χ2v) is 5.48. The maximum atomic E-state index is 13.4. The Kier molecular flexibility index (Phi) is 6.57. The number of halogens is 1. The molecule has 0 aliphatic heterocycles. The quantitative estimate of drug-likeness (QED) is 0.769. The summed E-state index contributed by atoms with van der Waals surface area (Å²) >= 11 is 0. The lowest BCUT2D eigenvalue weighted by molar-refractivity contribution is 0.0218. The molecule has 0 spiro atoms. The Hall–Kier alpha value is -1.01. The maximum absolute atomic E-state index is 13.4. The van der Waals surface area contributed by atoms with Crippen molar-refractivity contribution in [3.8, 4) is 0 Å². The Morgan fingerprint density at radius 1 is 1.38 bits per heavy atom. The molecule has 2 N–H and O–H groups in total. The summed E-state index contributed by atoms with van der Waals surface area (Å²) in [6, 6.07) is 6.80. The Labute approximate surface area is 125 Å². The molecule has 5 heteroatoms. The number of aliphatic hydroxyl groups is 1. The molecule has 0 saturated heterocycles. The first-order valence-corrected chi connectivity index (χ1v) is 7.46. The number of aliphatic hydroxyl groups excluding tert-OH is 1. The minimum atomic E-state index is -0.602. The topological polar surface area (TPSA) is 50.7 Å². The summed E-state index contributed by atoms with van der Waals surface area (Å²) in [5.41, 5.74) is 0.507. The van der Waals surface area contributed by atoms with E-state index in [1.54, 1.807) is 25.3 Å². The van der Waals surface area contributed by atoms with Gasteiger partial charge in [-0.05, 0) is 25.3 Å². The molecule has 4 nitrogen and oxygen atoms in total. The molecule has 1 aromatic carbocycles. The number of hydrogen-bond acceptors (Lipinski definition) is 4. The molecule has 3 atom stereocenters. The molecule has 0 aromatic heterocycles. The third-order valence-corrected chi connectivity index (χ3v) is 3.90. The van der Waals surface area contributed by atoms with Crippen molar-refractivity contribution >= 4 is 0 Å². The summed E-state index contributed by atoms with van der Waals surface area (Å²) in [5.74, 6) is -0.279. The van der Waals surface area contributed by atoms with Gasteiger partial charge in [-0.15, -0.1) is 0 Å². The molecule has 0 heterocycles. The summed E-state index contributed by atoms with van der Waals surface area (Å²) in [7, 11) is 1.72. The lowest BCUT2D eigenvalue weighted by Gasteiger charge is -2.21. The van der Waals surface area contributed by atoms with Crippen LogP contribution >= 0.6 is 0 Å². The Bertz CT molecular complexity index is 430. The zero-order valence-corrected chi connectivity index (χ0v) is 12.4. The van der Waals surface area contributed by atoms with Gasteiger partial charge < -0.3 is 19.9 Å². The largest absolute Gasteiger partial charge is 0.389 e. The van der Waals surface area contributed by atoms with E-state index in [4.69, 9.17) is 9.47 Å². The van der Waals surface area contributed by atoms with Crippen LogP contribution in [0, 0.1) is 5.82 Å². The van der Waals surface area contributed by atoms with Crippen LogP contribution in [-0.2, 0) is 16.1 Å². The molecule has 1 aliphatic carbocycles. The van der Waals surface area contributed by atoms with Crippen molar-refractivity contribution in [3.63, 3.8) is 0 Å². The minimum absolute atomic E-state index is 0.174. The smallest absolute Gasteiger partial charge is 0.128 e. The predicted octanol–water partition coefficient (Wildman–Crippen LogP) is 1.86. The van der Waals surface area contributed by atoms with Gasteiger partial charge in [-0.25, -0.2) is 4.39 Å². The van der Waals surface area contributed by atoms with Crippen molar-refractivity contribution in [1.82, 2.24) is 5.32 Å². The molecule has 2 rings (SSSR count). The van der Waals surface area contributed by atoms with Gasteiger partial charge in [-0.3, -0.25) is 0 Å². The zero-order valence-electron chi connectivity index (χ0n) is 12.4. The summed E-state index contributed by atoms with van der Waals surface area (Å²) in [6.07, 6.45) is 2.91. The molecule has 1 aliphatic rings. The van der Waals surface area contributed by atoms with Gasteiger partial charge in [-0.2, -0.15) is 0 Å². The molecule has 0 amide bonds. The van der Waals surface area contributed by atoms with E-state index in [1.165, 1.54) is 6.07 Å². The molecule has 3 unspecified atom stereocenters. The Morgan fingerprint density at radius 3 is 2.95 bits per heavy atom. The molecule has 21 heavy (non-hydrogen) atoms. The fraction of sp³-hybridized carbons (Fsp3) is 0.625. The minimum Gasteiger partial charge on any atom is -0.389 e. The van der Waals surface area contributed by atoms with Crippen molar-refractivity contribution < 1.29 is 19.0 Å².